The van der Waals surface area contributed by atoms with E-state index in [1.54, 1.807) is 45.6 Å². The molecule has 0 aliphatic rings. The van der Waals surface area contributed by atoms with Gasteiger partial charge in [0.15, 0.2) is 23.0 Å². The minimum atomic E-state index is -2.58. The third-order valence-corrected chi connectivity index (χ3v) is 7.92. The van der Waals surface area contributed by atoms with E-state index < -0.39 is 12.0 Å². The van der Waals surface area contributed by atoms with Gasteiger partial charge in [0.25, 0.3) is 0 Å². The number of hydrogen-bond acceptors (Lipinski definition) is 5. The summed E-state index contributed by atoms with van der Waals surface area (Å²) >= 11 is 17.7. The highest BCUT2D eigenvalue weighted by atomic mass is 35.8. The molecule has 0 atom stereocenters. The molecule has 0 saturated heterocycles. The first-order chi connectivity index (χ1) is 16.7. The maximum Gasteiger partial charge on any atom is 0.341 e. The zero-order valence-corrected chi connectivity index (χ0v) is 23.4. The third kappa shape index (κ3) is 10.2. The molecule has 0 amide bonds. The van der Waals surface area contributed by atoms with E-state index in [1.165, 1.54) is 0 Å². The summed E-state index contributed by atoms with van der Waals surface area (Å²) in [6.45, 7) is 0.299. The molecule has 6 nitrogen and oxygen atoms in total. The summed E-state index contributed by atoms with van der Waals surface area (Å²) in [5.74, 6) is 1.39. The van der Waals surface area contributed by atoms with E-state index in [4.69, 9.17) is 52.2 Å². The van der Waals surface area contributed by atoms with Gasteiger partial charge >= 0.3 is 12.0 Å². The van der Waals surface area contributed by atoms with Crippen molar-refractivity contribution in [1.82, 2.24) is 0 Å². The average Bonchev–Trinajstić information content (AvgIpc) is 2.83. The first kappa shape index (κ1) is 29.2. The first-order valence-corrected chi connectivity index (χ1v) is 16.4. The van der Waals surface area contributed by atoms with Gasteiger partial charge in [0.05, 0.1) is 21.3 Å². The van der Waals surface area contributed by atoms with Gasteiger partial charge in [0, 0.05) is 5.57 Å². The number of carboxylic acids is 1. The van der Waals surface area contributed by atoms with Crippen LogP contribution in [0.15, 0.2) is 42.0 Å². The Balaban J connectivity index is 2.01. The van der Waals surface area contributed by atoms with E-state index in [2.05, 4.69) is 0 Å². The van der Waals surface area contributed by atoms with Crippen LogP contribution in [-0.2, 0) is 11.4 Å². The largest absolute Gasteiger partial charge is 0.493 e. The van der Waals surface area contributed by atoms with Crippen molar-refractivity contribution in [3.63, 3.8) is 0 Å². The highest BCUT2D eigenvalue weighted by Crippen LogP contribution is 2.32. The zero-order valence-electron chi connectivity index (χ0n) is 20.1. The van der Waals surface area contributed by atoms with Crippen LogP contribution in [0.4, 0.5) is 0 Å². The summed E-state index contributed by atoms with van der Waals surface area (Å²) in [6, 6.07) is 8.94. The monoisotopic (exact) mass is 560 g/mol. The van der Waals surface area contributed by atoms with Crippen LogP contribution in [0.25, 0.3) is 6.08 Å². The molecule has 192 valence electrons. The Morgan fingerprint density at radius 3 is 2.11 bits per heavy atom. The highest BCUT2D eigenvalue weighted by Gasteiger charge is 2.23. The number of unbranched alkanes of at least 4 members (excludes halogenated alkanes) is 3. The molecule has 0 aliphatic heterocycles. The molecule has 1 N–H and O–H groups in total. The molecule has 0 radical (unpaired) electrons. The van der Waals surface area contributed by atoms with Crippen LogP contribution in [0.1, 0.15) is 43.2 Å². The van der Waals surface area contributed by atoms with Gasteiger partial charge in [-0.05, 0) is 60.4 Å². The molecule has 0 aliphatic carbocycles. The number of halogens is 3. The predicted octanol–water partition coefficient (Wildman–Crippen LogP) is 7.37. The summed E-state index contributed by atoms with van der Waals surface area (Å²) in [4.78, 5) is 11.7. The molecule has 2 aromatic carbocycles. The second-order valence-electron chi connectivity index (χ2n) is 7.89. The van der Waals surface area contributed by atoms with Crippen molar-refractivity contribution < 1.29 is 28.8 Å². The van der Waals surface area contributed by atoms with E-state index in [1.807, 2.05) is 18.2 Å². The smallest absolute Gasteiger partial charge is 0.341 e. The van der Waals surface area contributed by atoms with E-state index in [0.29, 0.717) is 47.6 Å². The second-order valence-corrected chi connectivity index (χ2v) is 17.2. The van der Waals surface area contributed by atoms with E-state index >= 15 is 0 Å². The van der Waals surface area contributed by atoms with Crippen molar-refractivity contribution in [1.29, 1.82) is 0 Å². The molecule has 0 spiro atoms. The summed E-state index contributed by atoms with van der Waals surface area (Å²) < 4.78 is 22.0. The maximum absolute atomic E-state index is 11.7. The lowest BCUT2D eigenvalue weighted by molar-refractivity contribution is -0.132. The van der Waals surface area contributed by atoms with Crippen molar-refractivity contribution in [3.8, 4) is 23.0 Å². The van der Waals surface area contributed by atoms with Crippen LogP contribution in [0, 0.1) is 0 Å². The van der Waals surface area contributed by atoms with Crippen molar-refractivity contribution in [3.05, 3.63) is 53.1 Å². The number of carboxylic acid groups (broad SMARTS) is 1. The Hall–Kier alpha value is -2.06. The molecule has 0 heterocycles. The fourth-order valence-electron chi connectivity index (χ4n) is 3.46. The molecule has 0 bridgehead atoms. The molecular weight excluding hydrogens is 531 g/mol. The Labute approximate surface area is 221 Å². The third-order valence-electron chi connectivity index (χ3n) is 5.30. The molecule has 2 aromatic rings. The molecule has 0 fully saturated rings. The lowest BCUT2D eigenvalue weighted by Gasteiger charge is -2.13. The van der Waals surface area contributed by atoms with Crippen LogP contribution in [0.3, 0.4) is 0 Å². The highest BCUT2D eigenvalue weighted by molar-refractivity contribution is 7.64. The summed E-state index contributed by atoms with van der Waals surface area (Å²) in [6.07, 6.45) is 5.51. The van der Waals surface area contributed by atoms with E-state index in [0.717, 1.165) is 36.8 Å². The van der Waals surface area contributed by atoms with Crippen molar-refractivity contribution >= 4 is 51.3 Å². The molecule has 2 rings (SSSR count). The molecule has 10 heteroatoms. The van der Waals surface area contributed by atoms with Crippen LogP contribution in [0.2, 0.25) is 6.04 Å². The first-order valence-electron chi connectivity index (χ1n) is 11.2. The normalized spacial score (nSPS) is 11.8. The number of hydrogen-bond donors (Lipinski definition) is 1. The van der Waals surface area contributed by atoms with Gasteiger partial charge < -0.3 is 24.1 Å². The fraction of sp³-hybridized carbons (Fsp3) is 0.400. The quantitative estimate of drug-likeness (QED) is 0.106. The summed E-state index contributed by atoms with van der Waals surface area (Å²) in [5, 5.41) is 9.63. The Morgan fingerprint density at radius 1 is 0.857 bits per heavy atom. The minimum absolute atomic E-state index is 0.299. The fourth-order valence-corrected chi connectivity index (χ4v) is 5.31. The van der Waals surface area contributed by atoms with Gasteiger partial charge in [0.2, 0.25) is 0 Å². The number of ether oxygens (including phenoxy) is 4. The number of carbonyl (C=O) groups is 1. The van der Waals surface area contributed by atoms with Crippen molar-refractivity contribution in [2.75, 3.05) is 21.3 Å². The second kappa shape index (κ2) is 14.5. The van der Waals surface area contributed by atoms with Gasteiger partial charge in [-0.3, -0.25) is 0 Å². The number of methoxy groups -OCH3 is 3. The van der Waals surface area contributed by atoms with E-state index in [9.17, 15) is 9.90 Å². The van der Waals surface area contributed by atoms with Gasteiger partial charge in [0.1, 0.15) is 6.61 Å². The van der Waals surface area contributed by atoms with Crippen molar-refractivity contribution in [2.45, 2.75) is 44.8 Å². The topological polar surface area (TPSA) is 74.2 Å². The molecular formula is C25H31Cl3O6Si. The van der Waals surface area contributed by atoms with Gasteiger partial charge in [-0.25, -0.2) is 4.79 Å². The lowest BCUT2D eigenvalue weighted by atomic mass is 10.0. The van der Waals surface area contributed by atoms with Crippen LogP contribution in [0.5, 0.6) is 23.0 Å². The summed E-state index contributed by atoms with van der Waals surface area (Å²) in [7, 11) is 4.71. The average molecular weight is 562 g/mol. The Kier molecular flexibility index (Phi) is 12.1. The Bertz CT molecular complexity index is 1010. The number of aliphatic carboxylic acids is 1. The Morgan fingerprint density at radius 2 is 1.49 bits per heavy atom. The SMILES string of the molecule is COc1ccc(COc2ccc(/C=C(\CCCCCC[Si](Cl)(Cl)Cl)C(=O)O)cc2OC)cc1OC. The number of rotatable bonds is 15. The molecule has 0 aromatic heterocycles. The van der Waals surface area contributed by atoms with Gasteiger partial charge in [-0.15, -0.1) is 33.2 Å². The summed E-state index contributed by atoms with van der Waals surface area (Å²) in [5.41, 5.74) is 1.96. The molecule has 0 saturated carbocycles. The van der Waals surface area contributed by atoms with Crippen molar-refractivity contribution in [2.24, 2.45) is 0 Å². The van der Waals surface area contributed by atoms with Crippen LogP contribution < -0.4 is 18.9 Å². The van der Waals surface area contributed by atoms with Crippen LogP contribution in [-0.4, -0.2) is 38.4 Å². The minimum Gasteiger partial charge on any atom is -0.493 e. The standard InChI is InChI=1S/C25H31Cl3O6Si/c1-31-21-11-10-19(16-23(21)32-2)17-34-22-12-9-18(15-24(22)33-3)14-20(25(29)30)8-6-4-5-7-13-35(26,27)28/h9-12,14-16H,4-8,13,17H2,1-3H3,(H,29,30)/b20-14+. The lowest BCUT2D eigenvalue weighted by Crippen LogP contribution is -2.07. The zero-order chi connectivity index (χ0) is 25.8. The van der Waals surface area contributed by atoms with Crippen LogP contribution >= 0.6 is 33.2 Å². The number of benzene rings is 2. The van der Waals surface area contributed by atoms with E-state index in [-0.39, 0.29) is 0 Å². The van der Waals surface area contributed by atoms with Gasteiger partial charge in [-0.2, -0.15) is 0 Å². The maximum atomic E-state index is 11.7. The van der Waals surface area contributed by atoms with Gasteiger partial charge in [-0.1, -0.05) is 31.4 Å². The predicted molar refractivity (Wildman–Crippen MR) is 144 cm³/mol. The molecule has 35 heavy (non-hydrogen) atoms. The molecule has 0 unspecified atom stereocenters.